The fourth-order valence-corrected chi connectivity index (χ4v) is 3.73. The van der Waals surface area contributed by atoms with Gasteiger partial charge in [0.2, 0.25) is 0 Å². The molecule has 136 valence electrons. The monoisotopic (exact) mass is 354 g/mol. The van der Waals surface area contributed by atoms with Crippen molar-refractivity contribution in [3.8, 4) is 5.75 Å². The smallest absolute Gasteiger partial charge is 0.124 e. The lowest BCUT2D eigenvalue weighted by Gasteiger charge is -2.35. The molecule has 1 unspecified atom stereocenters. The summed E-state index contributed by atoms with van der Waals surface area (Å²) in [5.41, 5.74) is 1.14. The quantitative estimate of drug-likeness (QED) is 0.851. The van der Waals surface area contributed by atoms with E-state index in [9.17, 15) is 0 Å². The summed E-state index contributed by atoms with van der Waals surface area (Å²) in [6.07, 6.45) is 5.41. The molecule has 1 atom stereocenters. The molecule has 2 heterocycles. The number of rotatable bonds is 6. The van der Waals surface area contributed by atoms with Gasteiger partial charge in [-0.1, -0.05) is 18.2 Å². The maximum atomic E-state index is 6.13. The van der Waals surface area contributed by atoms with Gasteiger partial charge in [0.25, 0.3) is 0 Å². The zero-order chi connectivity index (χ0) is 15.9. The highest BCUT2D eigenvalue weighted by Gasteiger charge is 2.23. The Morgan fingerprint density at radius 1 is 1.17 bits per heavy atom. The van der Waals surface area contributed by atoms with Crippen molar-refractivity contribution in [1.29, 1.82) is 0 Å². The summed E-state index contributed by atoms with van der Waals surface area (Å²) in [6.45, 7) is 6.66. The lowest BCUT2D eigenvalue weighted by molar-refractivity contribution is -0.00620. The van der Waals surface area contributed by atoms with Gasteiger partial charge in [-0.3, -0.25) is 0 Å². The Morgan fingerprint density at radius 3 is 2.67 bits per heavy atom. The average molecular weight is 355 g/mol. The summed E-state index contributed by atoms with van der Waals surface area (Å²) in [7, 11) is 1.72. The number of likely N-dealkylation sites (tertiary alicyclic amines) is 1. The van der Waals surface area contributed by atoms with Crippen LogP contribution in [0, 0.1) is 5.92 Å². The largest absolute Gasteiger partial charge is 0.496 e. The third-order valence-corrected chi connectivity index (χ3v) is 5.12. The maximum Gasteiger partial charge on any atom is 0.124 e. The van der Waals surface area contributed by atoms with Crippen LogP contribution in [0.5, 0.6) is 5.75 Å². The summed E-state index contributed by atoms with van der Waals surface area (Å²) >= 11 is 0. The van der Waals surface area contributed by atoms with Crippen LogP contribution in [0.4, 0.5) is 0 Å². The van der Waals surface area contributed by atoms with Crippen LogP contribution in [0.2, 0.25) is 0 Å². The molecule has 0 saturated carbocycles. The highest BCUT2D eigenvalue weighted by Crippen LogP contribution is 2.22. The molecule has 0 spiro atoms. The Hall–Kier alpha value is -0.810. The Balaban J connectivity index is 0.00000208. The average Bonchev–Trinajstić information content (AvgIpc) is 2.62. The van der Waals surface area contributed by atoms with Crippen molar-refractivity contribution in [3.63, 3.8) is 0 Å². The zero-order valence-electron chi connectivity index (χ0n) is 14.7. The van der Waals surface area contributed by atoms with E-state index in [2.05, 4.69) is 16.3 Å². The number of halogens is 1. The molecule has 0 radical (unpaired) electrons. The second-order valence-electron chi connectivity index (χ2n) is 6.84. The van der Waals surface area contributed by atoms with Crippen LogP contribution in [-0.2, 0) is 11.3 Å². The topological polar surface area (TPSA) is 33.7 Å². The number of nitrogens with zero attached hydrogens (tertiary/aromatic N) is 1. The summed E-state index contributed by atoms with van der Waals surface area (Å²) in [5.74, 6) is 1.77. The van der Waals surface area contributed by atoms with Gasteiger partial charge in [-0.05, 0) is 50.8 Å². The minimum absolute atomic E-state index is 0. The lowest BCUT2D eigenvalue weighted by Crippen LogP contribution is -2.43. The molecule has 0 aromatic heterocycles. The minimum atomic E-state index is 0. The fourth-order valence-electron chi connectivity index (χ4n) is 3.73. The molecule has 2 fully saturated rings. The Labute approximate surface area is 152 Å². The predicted octanol–water partition coefficient (Wildman–Crippen LogP) is 3.10. The number of methoxy groups -OCH3 is 1. The molecule has 2 aliphatic rings. The van der Waals surface area contributed by atoms with Gasteiger partial charge in [-0.25, -0.2) is 0 Å². The van der Waals surface area contributed by atoms with Gasteiger partial charge in [0.05, 0.1) is 19.8 Å². The van der Waals surface area contributed by atoms with Crippen molar-refractivity contribution in [2.75, 3.05) is 39.8 Å². The summed E-state index contributed by atoms with van der Waals surface area (Å²) in [4.78, 5) is 2.63. The van der Waals surface area contributed by atoms with Crippen molar-refractivity contribution in [1.82, 2.24) is 10.2 Å². The standard InChI is InChI=1S/C19H30N2O2.ClH/c1-22-19-7-3-2-6-17(19)15-23-18-8-11-21(12-9-18)14-16-5-4-10-20-13-16;/h2-3,6-7,16,18,20H,4-5,8-15H2,1H3;1H. The van der Waals surface area contributed by atoms with E-state index in [1.54, 1.807) is 7.11 Å². The van der Waals surface area contributed by atoms with Crippen LogP contribution in [0.15, 0.2) is 24.3 Å². The molecule has 2 aliphatic heterocycles. The third-order valence-electron chi connectivity index (χ3n) is 5.12. The van der Waals surface area contributed by atoms with E-state index < -0.39 is 0 Å². The van der Waals surface area contributed by atoms with Crippen molar-refractivity contribution in [2.45, 2.75) is 38.4 Å². The van der Waals surface area contributed by atoms with Gasteiger partial charge in [-0.2, -0.15) is 0 Å². The van der Waals surface area contributed by atoms with E-state index in [1.165, 1.54) is 45.6 Å². The van der Waals surface area contributed by atoms with Crippen molar-refractivity contribution < 1.29 is 9.47 Å². The van der Waals surface area contributed by atoms with E-state index >= 15 is 0 Å². The Morgan fingerprint density at radius 2 is 1.96 bits per heavy atom. The number of piperidine rings is 2. The molecule has 3 rings (SSSR count). The molecule has 1 N–H and O–H groups in total. The summed E-state index contributed by atoms with van der Waals surface area (Å²) < 4.78 is 11.5. The van der Waals surface area contributed by atoms with E-state index in [-0.39, 0.29) is 12.4 Å². The van der Waals surface area contributed by atoms with Crippen molar-refractivity contribution in [2.24, 2.45) is 5.92 Å². The van der Waals surface area contributed by atoms with Gasteiger partial charge < -0.3 is 19.7 Å². The minimum Gasteiger partial charge on any atom is -0.496 e. The third kappa shape index (κ3) is 5.62. The predicted molar refractivity (Wildman–Crippen MR) is 100 cm³/mol. The second-order valence-corrected chi connectivity index (χ2v) is 6.84. The van der Waals surface area contributed by atoms with Gasteiger partial charge in [0.1, 0.15) is 5.75 Å². The van der Waals surface area contributed by atoms with Crippen LogP contribution >= 0.6 is 12.4 Å². The molecule has 24 heavy (non-hydrogen) atoms. The first-order chi connectivity index (χ1) is 11.3. The molecular weight excluding hydrogens is 324 g/mol. The van der Waals surface area contributed by atoms with Gasteiger partial charge in [-0.15, -0.1) is 12.4 Å². The summed E-state index contributed by atoms with van der Waals surface area (Å²) in [5, 5.41) is 3.52. The first kappa shape index (κ1) is 19.5. The molecule has 0 aliphatic carbocycles. The van der Waals surface area contributed by atoms with E-state index in [1.807, 2.05) is 18.2 Å². The van der Waals surface area contributed by atoms with Crippen LogP contribution in [0.25, 0.3) is 0 Å². The Bertz CT molecular complexity index is 472. The van der Waals surface area contributed by atoms with E-state index in [0.29, 0.717) is 12.7 Å². The molecule has 1 aromatic rings. The van der Waals surface area contributed by atoms with Crippen LogP contribution in [0.1, 0.15) is 31.2 Å². The molecule has 5 heteroatoms. The molecule has 0 bridgehead atoms. The maximum absolute atomic E-state index is 6.13. The lowest BCUT2D eigenvalue weighted by atomic mass is 9.97. The van der Waals surface area contributed by atoms with Crippen molar-refractivity contribution in [3.05, 3.63) is 29.8 Å². The second kappa shape index (κ2) is 10.2. The van der Waals surface area contributed by atoms with Gasteiger partial charge in [0, 0.05) is 25.2 Å². The van der Waals surface area contributed by atoms with E-state index in [0.717, 1.165) is 30.1 Å². The summed E-state index contributed by atoms with van der Waals surface area (Å²) in [6, 6.07) is 8.13. The number of para-hydroxylation sites is 1. The SMILES string of the molecule is COc1ccccc1COC1CCN(CC2CCCNC2)CC1.Cl. The number of nitrogens with one attached hydrogen (secondary N) is 1. The Kier molecular flexibility index (Phi) is 8.33. The number of ether oxygens (including phenoxy) is 2. The molecular formula is C19H31ClN2O2. The number of hydrogen-bond donors (Lipinski definition) is 1. The number of hydrogen-bond acceptors (Lipinski definition) is 4. The van der Waals surface area contributed by atoms with Gasteiger partial charge in [0.15, 0.2) is 0 Å². The van der Waals surface area contributed by atoms with Crippen LogP contribution < -0.4 is 10.1 Å². The highest BCUT2D eigenvalue weighted by atomic mass is 35.5. The molecule has 4 nitrogen and oxygen atoms in total. The molecule has 0 amide bonds. The van der Waals surface area contributed by atoms with Crippen LogP contribution in [0.3, 0.4) is 0 Å². The molecule has 1 aromatic carbocycles. The first-order valence-corrected chi connectivity index (χ1v) is 9.01. The van der Waals surface area contributed by atoms with Crippen molar-refractivity contribution >= 4 is 12.4 Å². The normalized spacial score (nSPS) is 22.8. The molecule has 2 saturated heterocycles. The first-order valence-electron chi connectivity index (χ1n) is 9.01. The van der Waals surface area contributed by atoms with Gasteiger partial charge >= 0.3 is 0 Å². The highest BCUT2D eigenvalue weighted by molar-refractivity contribution is 5.85. The fraction of sp³-hybridized carbons (Fsp3) is 0.684. The zero-order valence-corrected chi connectivity index (χ0v) is 15.5. The number of benzene rings is 1. The van der Waals surface area contributed by atoms with E-state index in [4.69, 9.17) is 9.47 Å². The van der Waals surface area contributed by atoms with Crippen LogP contribution in [-0.4, -0.2) is 50.8 Å².